The lowest BCUT2D eigenvalue weighted by Crippen LogP contribution is -2.42. The van der Waals surface area contributed by atoms with E-state index in [0.717, 1.165) is 18.0 Å². The molecule has 1 N–H and O–H groups in total. The highest BCUT2D eigenvalue weighted by Crippen LogP contribution is 2.44. The van der Waals surface area contributed by atoms with Gasteiger partial charge >= 0.3 is 0 Å². The van der Waals surface area contributed by atoms with Crippen molar-refractivity contribution in [2.24, 2.45) is 17.8 Å². The van der Waals surface area contributed by atoms with Crippen LogP contribution in [-0.4, -0.2) is 24.4 Å². The number of para-hydroxylation sites is 1. The molecule has 1 saturated heterocycles. The molecule has 3 aliphatic rings. The minimum absolute atomic E-state index is 0.0549. The maximum atomic E-state index is 12.5. The van der Waals surface area contributed by atoms with Crippen molar-refractivity contribution in [3.63, 3.8) is 0 Å². The number of benzene rings is 1. The van der Waals surface area contributed by atoms with Gasteiger partial charge in [-0.15, -0.1) is 0 Å². The lowest BCUT2D eigenvalue weighted by Gasteiger charge is -2.24. The zero-order valence-electron chi connectivity index (χ0n) is 12.7. The summed E-state index contributed by atoms with van der Waals surface area (Å²) in [5.74, 6) is 1.42. The summed E-state index contributed by atoms with van der Waals surface area (Å²) in [5, 5.41) is 3.23. The molecule has 2 bridgehead atoms. The molecule has 0 radical (unpaired) electrons. The summed E-state index contributed by atoms with van der Waals surface area (Å²) in [6.07, 6.45) is 5.35. The molecule has 1 aromatic rings. The van der Waals surface area contributed by atoms with E-state index in [9.17, 15) is 9.59 Å². The molecular formula is C18H22N2O2. The van der Waals surface area contributed by atoms with Crippen molar-refractivity contribution in [2.75, 3.05) is 11.4 Å². The standard InChI is InChI=1S/C18H22N2O2/c21-17-10-14(11-20(17)15-4-2-1-3-5-15)18(22)19-16-9-12-6-7-13(16)8-12/h1-5,12-14,16H,6-11H2,(H,19,22)/t12-,13-,14-,16+/m0/s1. The number of amides is 2. The van der Waals surface area contributed by atoms with Crippen LogP contribution in [0, 0.1) is 17.8 Å². The Balaban J connectivity index is 1.39. The number of carbonyl (C=O) groups is 2. The first-order chi connectivity index (χ1) is 10.7. The Morgan fingerprint density at radius 1 is 1.14 bits per heavy atom. The topological polar surface area (TPSA) is 49.4 Å². The molecule has 4 atom stereocenters. The number of fused-ring (bicyclic) bond motifs is 2. The Bertz CT molecular complexity index is 586. The van der Waals surface area contributed by atoms with Gasteiger partial charge in [-0.05, 0) is 43.2 Å². The molecule has 2 amide bonds. The van der Waals surface area contributed by atoms with E-state index in [1.807, 2.05) is 30.3 Å². The quantitative estimate of drug-likeness (QED) is 0.931. The van der Waals surface area contributed by atoms with Crippen LogP contribution < -0.4 is 10.2 Å². The highest BCUT2D eigenvalue weighted by atomic mass is 16.2. The fraction of sp³-hybridized carbons (Fsp3) is 0.556. The van der Waals surface area contributed by atoms with Crippen LogP contribution in [0.4, 0.5) is 5.69 Å². The van der Waals surface area contributed by atoms with E-state index in [1.54, 1.807) is 4.90 Å². The lowest BCUT2D eigenvalue weighted by atomic mass is 9.94. The number of rotatable bonds is 3. The van der Waals surface area contributed by atoms with E-state index in [1.165, 1.54) is 19.3 Å². The maximum Gasteiger partial charge on any atom is 0.227 e. The SMILES string of the molecule is O=C(N[C@@H]1C[C@H]2CC[C@H]1C2)[C@H]1CC(=O)N(c2ccccc2)C1. The van der Waals surface area contributed by atoms with Crippen LogP contribution >= 0.6 is 0 Å². The van der Waals surface area contributed by atoms with Gasteiger partial charge in [0.05, 0.1) is 5.92 Å². The fourth-order valence-electron chi connectivity index (χ4n) is 4.46. The summed E-state index contributed by atoms with van der Waals surface area (Å²) in [4.78, 5) is 26.5. The number of nitrogens with one attached hydrogen (secondary N) is 1. The summed E-state index contributed by atoms with van der Waals surface area (Å²) in [6.45, 7) is 0.509. The number of nitrogens with zero attached hydrogens (tertiary/aromatic N) is 1. The van der Waals surface area contributed by atoms with Gasteiger partial charge in [-0.25, -0.2) is 0 Å². The molecule has 0 spiro atoms. The first-order valence-corrected chi connectivity index (χ1v) is 8.36. The summed E-state index contributed by atoms with van der Waals surface area (Å²) >= 11 is 0. The molecule has 1 aromatic carbocycles. The number of hydrogen-bond acceptors (Lipinski definition) is 2. The second-order valence-corrected chi connectivity index (χ2v) is 7.03. The van der Waals surface area contributed by atoms with Crippen molar-refractivity contribution < 1.29 is 9.59 Å². The third kappa shape index (κ3) is 2.40. The average Bonchev–Trinajstić information content (AvgIpc) is 3.23. The van der Waals surface area contributed by atoms with Gasteiger partial charge in [0.1, 0.15) is 0 Å². The van der Waals surface area contributed by atoms with Crippen LogP contribution in [0.2, 0.25) is 0 Å². The summed E-state index contributed by atoms with van der Waals surface area (Å²) in [7, 11) is 0. The zero-order valence-corrected chi connectivity index (χ0v) is 12.7. The molecule has 4 heteroatoms. The molecule has 116 valence electrons. The predicted octanol–water partition coefficient (Wildman–Crippen LogP) is 2.34. The lowest BCUT2D eigenvalue weighted by molar-refractivity contribution is -0.127. The van der Waals surface area contributed by atoms with Crippen LogP contribution in [0.15, 0.2) is 30.3 Å². The van der Waals surface area contributed by atoms with E-state index >= 15 is 0 Å². The van der Waals surface area contributed by atoms with Crippen molar-refractivity contribution in [2.45, 2.75) is 38.1 Å². The third-order valence-corrected chi connectivity index (χ3v) is 5.63. The van der Waals surface area contributed by atoms with Crippen molar-refractivity contribution in [1.29, 1.82) is 0 Å². The summed E-state index contributed by atoms with van der Waals surface area (Å²) in [5.41, 5.74) is 0.891. The molecule has 0 aromatic heterocycles. The van der Waals surface area contributed by atoms with Crippen LogP contribution in [-0.2, 0) is 9.59 Å². The largest absolute Gasteiger partial charge is 0.353 e. The first kappa shape index (κ1) is 13.8. The van der Waals surface area contributed by atoms with Crippen LogP contribution in [0.3, 0.4) is 0 Å². The smallest absolute Gasteiger partial charge is 0.227 e. The highest BCUT2D eigenvalue weighted by Gasteiger charge is 2.42. The molecule has 1 aliphatic heterocycles. The van der Waals surface area contributed by atoms with E-state index in [-0.39, 0.29) is 17.7 Å². The van der Waals surface area contributed by atoms with Crippen molar-refractivity contribution >= 4 is 17.5 Å². The third-order valence-electron chi connectivity index (χ3n) is 5.63. The molecule has 4 nitrogen and oxygen atoms in total. The molecule has 2 aliphatic carbocycles. The molecule has 22 heavy (non-hydrogen) atoms. The molecule has 2 saturated carbocycles. The fourth-order valence-corrected chi connectivity index (χ4v) is 4.46. The maximum absolute atomic E-state index is 12.5. The van der Waals surface area contributed by atoms with Gasteiger partial charge in [-0.1, -0.05) is 24.6 Å². The summed E-state index contributed by atoms with van der Waals surface area (Å²) in [6, 6.07) is 9.98. The predicted molar refractivity (Wildman–Crippen MR) is 84.3 cm³/mol. The Morgan fingerprint density at radius 3 is 2.64 bits per heavy atom. The monoisotopic (exact) mass is 298 g/mol. The first-order valence-electron chi connectivity index (χ1n) is 8.36. The van der Waals surface area contributed by atoms with Gasteiger partial charge < -0.3 is 10.2 Å². The van der Waals surface area contributed by atoms with E-state index in [4.69, 9.17) is 0 Å². The van der Waals surface area contributed by atoms with Crippen LogP contribution in [0.25, 0.3) is 0 Å². The van der Waals surface area contributed by atoms with E-state index in [2.05, 4.69) is 5.32 Å². The molecule has 3 fully saturated rings. The van der Waals surface area contributed by atoms with Gasteiger partial charge in [0, 0.05) is 24.7 Å². The Labute approximate surface area is 130 Å². The second kappa shape index (κ2) is 5.41. The minimum atomic E-state index is -0.202. The van der Waals surface area contributed by atoms with E-state index < -0.39 is 0 Å². The second-order valence-electron chi connectivity index (χ2n) is 7.03. The molecule has 4 rings (SSSR count). The average molecular weight is 298 g/mol. The zero-order chi connectivity index (χ0) is 15.1. The van der Waals surface area contributed by atoms with Gasteiger partial charge in [0.2, 0.25) is 11.8 Å². The van der Waals surface area contributed by atoms with Gasteiger partial charge in [0.25, 0.3) is 0 Å². The van der Waals surface area contributed by atoms with Crippen molar-refractivity contribution in [1.82, 2.24) is 5.32 Å². The molecule has 0 unspecified atom stereocenters. The summed E-state index contributed by atoms with van der Waals surface area (Å²) < 4.78 is 0. The molecule has 1 heterocycles. The molecular weight excluding hydrogens is 276 g/mol. The van der Waals surface area contributed by atoms with Crippen molar-refractivity contribution in [3.8, 4) is 0 Å². The number of anilines is 1. The van der Waals surface area contributed by atoms with Crippen LogP contribution in [0.5, 0.6) is 0 Å². The Hall–Kier alpha value is -1.84. The highest BCUT2D eigenvalue weighted by molar-refractivity contribution is 6.00. The number of hydrogen-bond donors (Lipinski definition) is 1. The normalized spacial score (nSPS) is 33.5. The van der Waals surface area contributed by atoms with Gasteiger partial charge in [-0.2, -0.15) is 0 Å². The Morgan fingerprint density at radius 2 is 1.95 bits per heavy atom. The van der Waals surface area contributed by atoms with Gasteiger partial charge in [0.15, 0.2) is 0 Å². The van der Waals surface area contributed by atoms with Crippen molar-refractivity contribution in [3.05, 3.63) is 30.3 Å². The number of carbonyl (C=O) groups excluding carboxylic acids is 2. The van der Waals surface area contributed by atoms with Crippen LogP contribution in [0.1, 0.15) is 32.1 Å². The minimum Gasteiger partial charge on any atom is -0.353 e. The Kier molecular flexibility index (Phi) is 3.40. The van der Waals surface area contributed by atoms with Gasteiger partial charge in [-0.3, -0.25) is 9.59 Å². The van der Waals surface area contributed by atoms with E-state index in [0.29, 0.717) is 24.9 Å².